The molecule has 0 saturated carbocycles. The zero-order valence-corrected chi connectivity index (χ0v) is 9.61. The van der Waals surface area contributed by atoms with Crippen molar-refractivity contribution in [3.05, 3.63) is 24.2 Å². The molecule has 1 saturated heterocycles. The number of carbonyl (C=O) groups excluding carboxylic acids is 1. The van der Waals surface area contributed by atoms with Gasteiger partial charge in [0.1, 0.15) is 5.76 Å². The molecule has 1 aromatic heterocycles. The van der Waals surface area contributed by atoms with Crippen LogP contribution in [0, 0.1) is 0 Å². The summed E-state index contributed by atoms with van der Waals surface area (Å²) in [6, 6.07) is 3.76. The molecule has 4 heteroatoms. The number of carbonyl (C=O) groups is 1. The zero-order chi connectivity index (χ0) is 11.4. The van der Waals surface area contributed by atoms with E-state index < -0.39 is 0 Å². The van der Waals surface area contributed by atoms with Gasteiger partial charge in [-0.1, -0.05) is 0 Å². The van der Waals surface area contributed by atoms with Crippen molar-refractivity contribution in [3.63, 3.8) is 0 Å². The van der Waals surface area contributed by atoms with Crippen molar-refractivity contribution in [3.8, 4) is 0 Å². The van der Waals surface area contributed by atoms with Gasteiger partial charge in [0.2, 0.25) is 5.91 Å². The van der Waals surface area contributed by atoms with Crippen molar-refractivity contribution in [1.29, 1.82) is 0 Å². The maximum absolute atomic E-state index is 12.1. The van der Waals surface area contributed by atoms with E-state index in [0.717, 1.165) is 31.7 Å². The number of amides is 1. The Bertz CT molecular complexity index is 329. The predicted molar refractivity (Wildman–Crippen MR) is 60.8 cm³/mol. The van der Waals surface area contributed by atoms with E-state index in [1.807, 2.05) is 24.0 Å². The highest BCUT2D eigenvalue weighted by Gasteiger charge is 2.26. The average Bonchev–Trinajstić information content (AvgIpc) is 2.97. The molecular weight excluding hydrogens is 204 g/mol. The van der Waals surface area contributed by atoms with Gasteiger partial charge >= 0.3 is 0 Å². The summed E-state index contributed by atoms with van der Waals surface area (Å²) in [5.74, 6) is 1.03. The minimum atomic E-state index is 0.00918. The summed E-state index contributed by atoms with van der Waals surface area (Å²) in [5.41, 5.74) is 0. The van der Waals surface area contributed by atoms with E-state index in [4.69, 9.17) is 4.42 Å². The lowest BCUT2D eigenvalue weighted by Crippen LogP contribution is -2.43. The first-order valence-electron chi connectivity index (χ1n) is 5.86. The van der Waals surface area contributed by atoms with E-state index >= 15 is 0 Å². The lowest BCUT2D eigenvalue weighted by Gasteiger charge is -2.23. The van der Waals surface area contributed by atoms with Crippen LogP contribution in [0.2, 0.25) is 0 Å². The van der Waals surface area contributed by atoms with Gasteiger partial charge in [-0.2, -0.15) is 0 Å². The van der Waals surface area contributed by atoms with Gasteiger partial charge in [-0.15, -0.1) is 0 Å². The molecule has 1 amide bonds. The molecule has 0 unspecified atom stereocenters. The van der Waals surface area contributed by atoms with Crippen LogP contribution in [0.1, 0.15) is 25.5 Å². The second-order valence-electron chi connectivity index (χ2n) is 4.08. The normalized spacial score (nSPS) is 19.9. The smallest absolute Gasteiger partial charge is 0.240 e. The van der Waals surface area contributed by atoms with Crippen molar-refractivity contribution in [2.45, 2.75) is 32.4 Å². The van der Waals surface area contributed by atoms with Crippen LogP contribution in [0.3, 0.4) is 0 Å². The summed E-state index contributed by atoms with van der Waals surface area (Å²) < 4.78 is 5.26. The molecular formula is C12H18N2O2. The van der Waals surface area contributed by atoms with Crippen LogP contribution in [0.4, 0.5) is 0 Å². The Morgan fingerprint density at radius 2 is 2.56 bits per heavy atom. The first-order chi connectivity index (χ1) is 7.81. The minimum Gasteiger partial charge on any atom is -0.467 e. The fourth-order valence-electron chi connectivity index (χ4n) is 2.05. The minimum absolute atomic E-state index is 0.00918. The van der Waals surface area contributed by atoms with Crippen LogP contribution >= 0.6 is 0 Å². The van der Waals surface area contributed by atoms with Gasteiger partial charge in [0.25, 0.3) is 0 Å². The summed E-state index contributed by atoms with van der Waals surface area (Å²) >= 11 is 0. The highest BCUT2D eigenvalue weighted by molar-refractivity contribution is 5.82. The molecule has 2 rings (SSSR count). The molecule has 16 heavy (non-hydrogen) atoms. The second-order valence-corrected chi connectivity index (χ2v) is 4.08. The molecule has 1 N–H and O–H groups in total. The largest absolute Gasteiger partial charge is 0.467 e. The number of nitrogens with one attached hydrogen (secondary N) is 1. The molecule has 0 bridgehead atoms. The van der Waals surface area contributed by atoms with Crippen molar-refractivity contribution in [2.24, 2.45) is 0 Å². The van der Waals surface area contributed by atoms with Gasteiger partial charge in [-0.25, -0.2) is 0 Å². The predicted octanol–water partition coefficient (Wildman–Crippen LogP) is 1.38. The zero-order valence-electron chi connectivity index (χ0n) is 9.61. The summed E-state index contributed by atoms with van der Waals surface area (Å²) in [6.45, 7) is 4.24. The Labute approximate surface area is 95.6 Å². The molecule has 1 aromatic rings. The molecule has 2 heterocycles. The van der Waals surface area contributed by atoms with E-state index in [2.05, 4.69) is 5.32 Å². The topological polar surface area (TPSA) is 45.5 Å². The van der Waals surface area contributed by atoms with Crippen molar-refractivity contribution in [1.82, 2.24) is 10.2 Å². The third kappa shape index (κ3) is 2.44. The third-order valence-electron chi connectivity index (χ3n) is 2.98. The summed E-state index contributed by atoms with van der Waals surface area (Å²) in [4.78, 5) is 14.0. The number of nitrogens with zero attached hydrogens (tertiary/aromatic N) is 1. The van der Waals surface area contributed by atoms with Gasteiger partial charge < -0.3 is 14.6 Å². The molecule has 1 aliphatic heterocycles. The quantitative estimate of drug-likeness (QED) is 0.837. The Hall–Kier alpha value is -1.29. The molecule has 1 aliphatic rings. The van der Waals surface area contributed by atoms with Crippen LogP contribution in [-0.2, 0) is 11.3 Å². The molecule has 0 radical (unpaired) electrons. The van der Waals surface area contributed by atoms with Gasteiger partial charge in [-0.05, 0) is 38.4 Å². The maximum Gasteiger partial charge on any atom is 0.240 e. The van der Waals surface area contributed by atoms with Crippen LogP contribution in [0.15, 0.2) is 22.8 Å². The highest BCUT2D eigenvalue weighted by Crippen LogP contribution is 2.11. The molecule has 88 valence electrons. The summed E-state index contributed by atoms with van der Waals surface area (Å²) in [6.07, 6.45) is 3.68. The Kier molecular flexibility index (Phi) is 3.62. The molecule has 0 aromatic carbocycles. The van der Waals surface area contributed by atoms with E-state index in [0.29, 0.717) is 6.54 Å². The number of rotatable bonds is 4. The lowest BCUT2D eigenvalue weighted by atomic mass is 10.2. The Balaban J connectivity index is 1.96. The van der Waals surface area contributed by atoms with E-state index in [9.17, 15) is 4.79 Å². The van der Waals surface area contributed by atoms with Crippen LogP contribution < -0.4 is 5.32 Å². The number of hydrogen-bond donors (Lipinski definition) is 1. The van der Waals surface area contributed by atoms with E-state index in [-0.39, 0.29) is 11.9 Å². The van der Waals surface area contributed by atoms with Gasteiger partial charge in [-0.3, -0.25) is 4.79 Å². The van der Waals surface area contributed by atoms with Crippen LogP contribution in [-0.4, -0.2) is 29.9 Å². The Morgan fingerprint density at radius 1 is 1.69 bits per heavy atom. The average molecular weight is 222 g/mol. The first kappa shape index (κ1) is 11.2. The van der Waals surface area contributed by atoms with E-state index in [1.54, 1.807) is 6.26 Å². The molecule has 1 fully saturated rings. The van der Waals surface area contributed by atoms with Crippen LogP contribution in [0.25, 0.3) is 0 Å². The summed E-state index contributed by atoms with van der Waals surface area (Å²) in [7, 11) is 0. The van der Waals surface area contributed by atoms with Gasteiger partial charge in [0.15, 0.2) is 0 Å². The fraction of sp³-hybridized carbons (Fsp3) is 0.583. The number of likely N-dealkylation sites (N-methyl/N-ethyl adjacent to an activating group) is 1. The SMILES string of the molecule is CCN(Cc1ccco1)C(=O)[C@H]1CCCN1. The van der Waals surface area contributed by atoms with Crippen molar-refractivity contribution >= 4 is 5.91 Å². The fourth-order valence-corrected chi connectivity index (χ4v) is 2.05. The second kappa shape index (κ2) is 5.16. The van der Waals surface area contributed by atoms with Gasteiger partial charge in [0, 0.05) is 6.54 Å². The highest BCUT2D eigenvalue weighted by atomic mass is 16.3. The van der Waals surface area contributed by atoms with Crippen molar-refractivity contribution in [2.75, 3.05) is 13.1 Å². The van der Waals surface area contributed by atoms with Crippen molar-refractivity contribution < 1.29 is 9.21 Å². The third-order valence-corrected chi connectivity index (χ3v) is 2.98. The lowest BCUT2D eigenvalue weighted by molar-refractivity contribution is -0.133. The first-order valence-corrected chi connectivity index (χ1v) is 5.86. The number of furan rings is 1. The molecule has 1 atom stereocenters. The number of hydrogen-bond acceptors (Lipinski definition) is 3. The Morgan fingerprint density at radius 3 is 3.12 bits per heavy atom. The molecule has 0 aliphatic carbocycles. The van der Waals surface area contributed by atoms with Crippen LogP contribution in [0.5, 0.6) is 0 Å². The monoisotopic (exact) mass is 222 g/mol. The molecule has 0 spiro atoms. The summed E-state index contributed by atoms with van der Waals surface area (Å²) in [5, 5.41) is 3.23. The van der Waals surface area contributed by atoms with Gasteiger partial charge in [0.05, 0.1) is 18.8 Å². The molecule has 4 nitrogen and oxygen atoms in total. The van der Waals surface area contributed by atoms with E-state index in [1.165, 1.54) is 0 Å². The standard InChI is InChI=1S/C12H18N2O2/c1-2-14(9-10-5-4-8-16-10)12(15)11-6-3-7-13-11/h4-5,8,11,13H,2-3,6-7,9H2,1H3/t11-/m1/s1. The maximum atomic E-state index is 12.1.